The van der Waals surface area contributed by atoms with Crippen molar-refractivity contribution in [2.45, 2.75) is 6.18 Å². The minimum atomic E-state index is -4.52. The lowest BCUT2D eigenvalue weighted by molar-refractivity contribution is -0.141. The average Bonchev–Trinajstić information content (AvgIpc) is 2.29. The maximum atomic E-state index is 12.0. The number of alkyl halides is 3. The van der Waals surface area contributed by atoms with Crippen molar-refractivity contribution in [1.29, 1.82) is 0 Å². The summed E-state index contributed by atoms with van der Waals surface area (Å²) in [5.41, 5.74) is -1.41. The van der Waals surface area contributed by atoms with Crippen LogP contribution in [0.5, 0.6) is 0 Å². The van der Waals surface area contributed by atoms with Crippen molar-refractivity contribution >= 4 is 6.21 Å². The largest absolute Gasteiger partial charge is 0.810 e. The highest BCUT2D eigenvalue weighted by Gasteiger charge is 2.35. The van der Waals surface area contributed by atoms with Crippen LogP contribution < -0.4 is 0 Å². The molecule has 12 heavy (non-hydrogen) atoms. The molecule has 0 saturated carbocycles. The number of rotatable bonds is 1. The molecule has 1 rings (SSSR count). The molecule has 0 spiro atoms. The number of aryl methyl sites for hydroxylation is 1. The SMILES string of the molecule is Cn1cc(C=[N-])c(C(F)(F)F)n1. The Hall–Kier alpha value is -1.33. The Morgan fingerprint density at radius 1 is 1.58 bits per heavy atom. The molecule has 66 valence electrons. The molecule has 0 aliphatic rings. The van der Waals surface area contributed by atoms with Gasteiger partial charge in [0.15, 0.2) is 5.69 Å². The molecule has 6 heteroatoms. The molecule has 1 heterocycles. The summed E-state index contributed by atoms with van der Waals surface area (Å²) < 4.78 is 37.1. The molecule has 0 aromatic carbocycles. The molecule has 0 radical (unpaired) electrons. The minimum absolute atomic E-state index is 0.329. The van der Waals surface area contributed by atoms with Crippen LogP contribution in [0.3, 0.4) is 0 Å². The first-order chi connectivity index (χ1) is 5.45. The van der Waals surface area contributed by atoms with E-state index >= 15 is 0 Å². The molecule has 0 amide bonds. The van der Waals surface area contributed by atoms with E-state index in [1.165, 1.54) is 7.05 Å². The van der Waals surface area contributed by atoms with Crippen LogP contribution in [0.15, 0.2) is 6.20 Å². The molecule has 0 N–H and O–H groups in total. The molecule has 1 aromatic rings. The fourth-order valence-electron chi connectivity index (χ4n) is 0.822. The Bertz CT molecular complexity index is 299. The van der Waals surface area contributed by atoms with E-state index in [9.17, 15) is 13.2 Å². The Morgan fingerprint density at radius 3 is 2.50 bits per heavy atom. The van der Waals surface area contributed by atoms with Crippen LogP contribution in [0.25, 0.3) is 5.41 Å². The van der Waals surface area contributed by atoms with E-state index in [0.717, 1.165) is 10.9 Å². The third-order valence-corrected chi connectivity index (χ3v) is 1.26. The summed E-state index contributed by atoms with van der Waals surface area (Å²) in [4.78, 5) is 0. The van der Waals surface area contributed by atoms with Gasteiger partial charge in [0.2, 0.25) is 0 Å². The van der Waals surface area contributed by atoms with Gasteiger partial charge in [-0.2, -0.15) is 24.5 Å². The Morgan fingerprint density at radius 2 is 2.17 bits per heavy atom. The van der Waals surface area contributed by atoms with Gasteiger partial charge in [0.25, 0.3) is 0 Å². The minimum Gasteiger partial charge on any atom is -0.810 e. The maximum Gasteiger partial charge on any atom is 0.435 e. The zero-order valence-corrected chi connectivity index (χ0v) is 6.13. The lowest BCUT2D eigenvalue weighted by Crippen LogP contribution is -2.09. The molecular weight excluding hydrogens is 171 g/mol. The summed E-state index contributed by atoms with van der Waals surface area (Å²) in [5.74, 6) is 0. The second-order valence-electron chi connectivity index (χ2n) is 2.23. The number of hydrogen-bond acceptors (Lipinski definition) is 1. The predicted octanol–water partition coefficient (Wildman–Crippen LogP) is 1.43. The van der Waals surface area contributed by atoms with E-state index in [1.807, 2.05) is 0 Å². The molecular formula is C6H5F3N3-. The number of nitrogens with zero attached hydrogens (tertiary/aromatic N) is 3. The molecule has 0 unspecified atom stereocenters. The van der Waals surface area contributed by atoms with Gasteiger partial charge in [-0.3, -0.25) is 4.68 Å². The van der Waals surface area contributed by atoms with E-state index in [-0.39, 0.29) is 5.56 Å². The van der Waals surface area contributed by atoms with E-state index in [1.54, 1.807) is 0 Å². The first-order valence-corrected chi connectivity index (χ1v) is 3.03. The summed E-state index contributed by atoms with van der Waals surface area (Å²) >= 11 is 0. The normalized spacial score (nSPS) is 11.7. The fraction of sp³-hybridized carbons (Fsp3) is 0.333. The summed E-state index contributed by atoms with van der Waals surface area (Å²) in [6.07, 6.45) is -3.05. The van der Waals surface area contributed by atoms with Gasteiger partial charge in [-0.25, -0.2) is 0 Å². The lowest BCUT2D eigenvalue weighted by atomic mass is 10.2. The van der Waals surface area contributed by atoms with Gasteiger partial charge in [-0.1, -0.05) is 0 Å². The predicted molar refractivity (Wildman–Crippen MR) is 36.7 cm³/mol. The zero-order valence-electron chi connectivity index (χ0n) is 6.13. The summed E-state index contributed by atoms with van der Waals surface area (Å²) in [5, 5.41) is 11.6. The smallest absolute Gasteiger partial charge is 0.435 e. The highest BCUT2D eigenvalue weighted by molar-refractivity contribution is 5.83. The Kier molecular flexibility index (Phi) is 1.91. The third-order valence-electron chi connectivity index (χ3n) is 1.26. The first kappa shape index (κ1) is 8.76. The molecule has 0 fully saturated rings. The standard InChI is InChI=1S/C6H5F3N3/c1-12-3-4(2-10)5(11-12)6(7,8)9/h2-3H,1H3/q-1. The van der Waals surface area contributed by atoms with Crippen LogP contribution in [0.2, 0.25) is 0 Å². The van der Waals surface area contributed by atoms with Crippen molar-refractivity contribution < 1.29 is 13.2 Å². The van der Waals surface area contributed by atoms with Crippen molar-refractivity contribution in [1.82, 2.24) is 9.78 Å². The van der Waals surface area contributed by atoms with E-state index in [4.69, 9.17) is 5.41 Å². The molecule has 0 saturated heterocycles. The second-order valence-corrected chi connectivity index (χ2v) is 2.23. The van der Waals surface area contributed by atoms with Crippen molar-refractivity contribution in [3.05, 3.63) is 22.9 Å². The molecule has 0 aliphatic heterocycles. The molecule has 0 bridgehead atoms. The summed E-state index contributed by atoms with van der Waals surface area (Å²) in [6, 6.07) is 0. The van der Waals surface area contributed by atoms with Gasteiger partial charge in [-0.05, 0) is 0 Å². The number of aromatic nitrogens is 2. The van der Waals surface area contributed by atoms with E-state index in [0.29, 0.717) is 6.21 Å². The van der Waals surface area contributed by atoms with Gasteiger partial charge in [0.1, 0.15) is 0 Å². The van der Waals surface area contributed by atoms with Gasteiger partial charge in [0, 0.05) is 18.8 Å². The van der Waals surface area contributed by atoms with E-state index in [2.05, 4.69) is 5.10 Å². The van der Waals surface area contributed by atoms with Gasteiger partial charge >= 0.3 is 6.18 Å². The zero-order chi connectivity index (χ0) is 9.35. The van der Waals surface area contributed by atoms with Gasteiger partial charge in [-0.15, -0.1) is 0 Å². The lowest BCUT2D eigenvalue weighted by Gasteiger charge is -2.03. The topological polar surface area (TPSA) is 40.1 Å². The average molecular weight is 176 g/mol. The van der Waals surface area contributed by atoms with Crippen LogP contribution in [0.4, 0.5) is 13.2 Å². The quantitative estimate of drug-likeness (QED) is 0.596. The van der Waals surface area contributed by atoms with Crippen molar-refractivity contribution in [3.63, 3.8) is 0 Å². The summed E-state index contributed by atoms with van der Waals surface area (Å²) in [6.45, 7) is 0. The first-order valence-electron chi connectivity index (χ1n) is 3.03. The fourth-order valence-corrected chi connectivity index (χ4v) is 0.822. The van der Waals surface area contributed by atoms with Crippen molar-refractivity contribution in [2.24, 2.45) is 7.05 Å². The monoisotopic (exact) mass is 176 g/mol. The van der Waals surface area contributed by atoms with Crippen LogP contribution in [-0.4, -0.2) is 16.0 Å². The van der Waals surface area contributed by atoms with Crippen molar-refractivity contribution in [3.8, 4) is 0 Å². The van der Waals surface area contributed by atoms with E-state index < -0.39 is 11.9 Å². The molecule has 1 aromatic heterocycles. The van der Waals surface area contributed by atoms with Crippen molar-refractivity contribution in [2.75, 3.05) is 0 Å². The molecule has 0 atom stereocenters. The van der Waals surface area contributed by atoms with Crippen LogP contribution in [0.1, 0.15) is 11.3 Å². The maximum absolute atomic E-state index is 12.0. The third kappa shape index (κ3) is 1.46. The Balaban J connectivity index is 3.22. The number of halogens is 3. The number of hydrogen-bond donors (Lipinski definition) is 0. The molecule has 3 nitrogen and oxygen atoms in total. The second kappa shape index (κ2) is 2.62. The van der Waals surface area contributed by atoms with Gasteiger partial charge < -0.3 is 5.41 Å². The van der Waals surface area contributed by atoms with Crippen LogP contribution >= 0.6 is 0 Å². The van der Waals surface area contributed by atoms with Crippen LogP contribution in [-0.2, 0) is 13.2 Å². The highest BCUT2D eigenvalue weighted by atomic mass is 19.4. The molecule has 0 aliphatic carbocycles. The Labute approximate surface area is 66.3 Å². The highest BCUT2D eigenvalue weighted by Crippen LogP contribution is 2.29. The van der Waals surface area contributed by atoms with Crippen LogP contribution in [0, 0.1) is 0 Å². The summed E-state index contributed by atoms with van der Waals surface area (Å²) in [7, 11) is 1.35. The van der Waals surface area contributed by atoms with Gasteiger partial charge in [0.05, 0.1) is 0 Å².